The second-order valence-corrected chi connectivity index (χ2v) is 5.42. The molecule has 7 nitrogen and oxygen atoms in total. The van der Waals surface area contributed by atoms with E-state index in [1.165, 1.54) is 15.8 Å². The second kappa shape index (κ2) is 7.45. The van der Waals surface area contributed by atoms with Crippen LogP contribution in [0.15, 0.2) is 48.8 Å². The van der Waals surface area contributed by atoms with Gasteiger partial charge in [-0.25, -0.2) is 4.68 Å². The standard InChI is InChI=1S/C17H18N6O/c1-13-4-2-3-5-14(13)8-11-19-16(24)12-23-17(20-21-22-23)15-6-9-18-10-7-15/h2-7,9-10H,8,11-12H2,1H3,(H,19,24). The zero-order valence-electron chi connectivity index (χ0n) is 13.4. The van der Waals surface area contributed by atoms with E-state index in [0.29, 0.717) is 12.4 Å². The smallest absolute Gasteiger partial charge is 0.241 e. The largest absolute Gasteiger partial charge is 0.354 e. The van der Waals surface area contributed by atoms with E-state index in [1.54, 1.807) is 24.5 Å². The van der Waals surface area contributed by atoms with Gasteiger partial charge in [0.05, 0.1) is 0 Å². The average molecular weight is 322 g/mol. The number of amides is 1. The minimum atomic E-state index is -0.119. The van der Waals surface area contributed by atoms with Gasteiger partial charge >= 0.3 is 0 Å². The number of carbonyl (C=O) groups excluding carboxylic acids is 1. The first-order chi connectivity index (χ1) is 11.7. The summed E-state index contributed by atoms with van der Waals surface area (Å²) < 4.78 is 1.48. The van der Waals surface area contributed by atoms with Gasteiger partial charge in [-0.1, -0.05) is 24.3 Å². The number of aromatic nitrogens is 5. The molecule has 0 atom stereocenters. The number of rotatable bonds is 6. The Morgan fingerprint density at radius 2 is 1.96 bits per heavy atom. The minimum Gasteiger partial charge on any atom is -0.354 e. The molecule has 0 saturated heterocycles. The number of tetrazole rings is 1. The lowest BCUT2D eigenvalue weighted by Crippen LogP contribution is -2.30. The first-order valence-electron chi connectivity index (χ1n) is 7.72. The van der Waals surface area contributed by atoms with E-state index in [4.69, 9.17) is 0 Å². The van der Waals surface area contributed by atoms with Crippen LogP contribution in [0.3, 0.4) is 0 Å². The molecule has 0 aliphatic heterocycles. The van der Waals surface area contributed by atoms with Crippen LogP contribution in [0.1, 0.15) is 11.1 Å². The molecule has 3 aromatic rings. The quantitative estimate of drug-likeness (QED) is 0.741. The highest BCUT2D eigenvalue weighted by atomic mass is 16.2. The highest BCUT2D eigenvalue weighted by Gasteiger charge is 2.12. The summed E-state index contributed by atoms with van der Waals surface area (Å²) in [5.41, 5.74) is 3.28. The zero-order chi connectivity index (χ0) is 16.8. The summed E-state index contributed by atoms with van der Waals surface area (Å²) in [6, 6.07) is 11.8. The molecule has 0 aliphatic rings. The maximum atomic E-state index is 12.1. The van der Waals surface area contributed by atoms with Crippen LogP contribution in [-0.4, -0.2) is 37.6 Å². The van der Waals surface area contributed by atoms with Crippen molar-refractivity contribution in [1.29, 1.82) is 0 Å². The maximum Gasteiger partial charge on any atom is 0.241 e. The molecule has 3 rings (SSSR count). The minimum absolute atomic E-state index is 0.0818. The van der Waals surface area contributed by atoms with Crippen LogP contribution in [0.4, 0.5) is 0 Å². The Kier molecular flexibility index (Phi) is 4.90. The lowest BCUT2D eigenvalue weighted by Gasteiger charge is -2.08. The highest BCUT2D eigenvalue weighted by molar-refractivity contribution is 5.76. The fourth-order valence-corrected chi connectivity index (χ4v) is 2.44. The van der Waals surface area contributed by atoms with E-state index in [9.17, 15) is 4.79 Å². The van der Waals surface area contributed by atoms with Crippen molar-refractivity contribution in [1.82, 2.24) is 30.5 Å². The van der Waals surface area contributed by atoms with Crippen molar-refractivity contribution in [3.63, 3.8) is 0 Å². The summed E-state index contributed by atoms with van der Waals surface area (Å²) in [7, 11) is 0. The topological polar surface area (TPSA) is 85.6 Å². The van der Waals surface area contributed by atoms with Crippen LogP contribution in [0.2, 0.25) is 0 Å². The van der Waals surface area contributed by atoms with E-state index in [2.05, 4.69) is 44.9 Å². The molecule has 1 aromatic carbocycles. The van der Waals surface area contributed by atoms with Gasteiger partial charge in [-0.2, -0.15) is 0 Å². The van der Waals surface area contributed by atoms with E-state index in [1.807, 2.05) is 12.1 Å². The number of pyridine rings is 1. The van der Waals surface area contributed by atoms with Crippen LogP contribution in [0, 0.1) is 6.92 Å². The molecule has 7 heteroatoms. The Morgan fingerprint density at radius 3 is 2.75 bits per heavy atom. The molecular weight excluding hydrogens is 304 g/mol. The van der Waals surface area contributed by atoms with E-state index in [-0.39, 0.29) is 12.5 Å². The zero-order valence-corrected chi connectivity index (χ0v) is 13.4. The van der Waals surface area contributed by atoms with Gasteiger partial charge < -0.3 is 5.32 Å². The molecule has 0 aliphatic carbocycles. The first kappa shape index (κ1) is 15.8. The molecule has 1 N–H and O–H groups in total. The number of nitrogens with one attached hydrogen (secondary N) is 1. The van der Waals surface area contributed by atoms with Crippen LogP contribution in [-0.2, 0) is 17.8 Å². The Hall–Kier alpha value is -3.09. The van der Waals surface area contributed by atoms with Gasteiger partial charge in [-0.3, -0.25) is 9.78 Å². The molecule has 24 heavy (non-hydrogen) atoms. The van der Waals surface area contributed by atoms with Crippen molar-refractivity contribution in [2.75, 3.05) is 6.54 Å². The van der Waals surface area contributed by atoms with Crippen molar-refractivity contribution < 1.29 is 4.79 Å². The lowest BCUT2D eigenvalue weighted by atomic mass is 10.1. The Labute approximate surface area is 139 Å². The van der Waals surface area contributed by atoms with E-state index in [0.717, 1.165) is 12.0 Å². The summed E-state index contributed by atoms with van der Waals surface area (Å²) in [6.07, 6.45) is 4.12. The SMILES string of the molecule is Cc1ccccc1CCNC(=O)Cn1nnnc1-c1ccncc1. The highest BCUT2D eigenvalue weighted by Crippen LogP contribution is 2.13. The monoisotopic (exact) mass is 322 g/mol. The predicted octanol–water partition coefficient (Wildman–Crippen LogP) is 1.40. The average Bonchev–Trinajstić information content (AvgIpc) is 3.05. The maximum absolute atomic E-state index is 12.1. The van der Waals surface area contributed by atoms with Crippen LogP contribution in [0.25, 0.3) is 11.4 Å². The number of benzene rings is 1. The van der Waals surface area contributed by atoms with Gasteiger partial charge in [0.15, 0.2) is 5.82 Å². The van der Waals surface area contributed by atoms with Crippen LogP contribution < -0.4 is 5.32 Å². The van der Waals surface area contributed by atoms with Crippen molar-refractivity contribution in [3.05, 3.63) is 59.9 Å². The summed E-state index contributed by atoms with van der Waals surface area (Å²) >= 11 is 0. The second-order valence-electron chi connectivity index (χ2n) is 5.42. The van der Waals surface area contributed by atoms with Crippen molar-refractivity contribution in [2.24, 2.45) is 0 Å². The number of aryl methyl sites for hydroxylation is 1. The van der Waals surface area contributed by atoms with Crippen molar-refractivity contribution in [2.45, 2.75) is 19.9 Å². The first-order valence-corrected chi connectivity index (χ1v) is 7.72. The van der Waals surface area contributed by atoms with Crippen molar-refractivity contribution in [3.8, 4) is 11.4 Å². The summed E-state index contributed by atoms with van der Waals surface area (Å²) in [4.78, 5) is 16.1. The molecule has 0 bridgehead atoms. The van der Waals surface area contributed by atoms with Gasteiger partial charge in [-0.15, -0.1) is 5.10 Å². The molecule has 0 saturated carbocycles. The fraction of sp³-hybridized carbons (Fsp3) is 0.235. The van der Waals surface area contributed by atoms with Gasteiger partial charge in [0.2, 0.25) is 5.91 Å². The summed E-state index contributed by atoms with van der Waals surface area (Å²) in [5, 5.41) is 14.4. The third-order valence-corrected chi connectivity index (χ3v) is 3.74. The van der Waals surface area contributed by atoms with Gasteiger partial charge in [0.1, 0.15) is 6.54 Å². The van der Waals surface area contributed by atoms with Gasteiger partial charge in [0, 0.05) is 24.5 Å². The molecule has 0 unspecified atom stereocenters. The number of nitrogens with zero attached hydrogens (tertiary/aromatic N) is 5. The number of hydrogen-bond donors (Lipinski definition) is 1. The predicted molar refractivity (Wildman–Crippen MR) is 88.9 cm³/mol. The summed E-state index contributed by atoms with van der Waals surface area (Å²) in [6.45, 7) is 2.73. The number of carbonyl (C=O) groups is 1. The van der Waals surface area contributed by atoms with Gasteiger partial charge in [-0.05, 0) is 47.0 Å². The Morgan fingerprint density at radius 1 is 1.17 bits per heavy atom. The molecular formula is C17H18N6O. The molecule has 2 heterocycles. The molecule has 1 amide bonds. The fourth-order valence-electron chi connectivity index (χ4n) is 2.44. The summed E-state index contributed by atoms with van der Waals surface area (Å²) in [5.74, 6) is 0.428. The molecule has 0 spiro atoms. The Balaban J connectivity index is 1.56. The third kappa shape index (κ3) is 3.81. The van der Waals surface area contributed by atoms with Crippen LogP contribution in [0.5, 0.6) is 0 Å². The lowest BCUT2D eigenvalue weighted by molar-refractivity contribution is -0.121. The third-order valence-electron chi connectivity index (χ3n) is 3.74. The normalized spacial score (nSPS) is 10.5. The van der Waals surface area contributed by atoms with Gasteiger partial charge in [0.25, 0.3) is 0 Å². The molecule has 0 radical (unpaired) electrons. The number of hydrogen-bond acceptors (Lipinski definition) is 5. The molecule has 2 aromatic heterocycles. The van der Waals surface area contributed by atoms with E-state index < -0.39 is 0 Å². The Bertz CT molecular complexity index is 815. The molecule has 122 valence electrons. The molecule has 0 fully saturated rings. The van der Waals surface area contributed by atoms with Crippen LogP contribution >= 0.6 is 0 Å². The van der Waals surface area contributed by atoms with E-state index >= 15 is 0 Å². The van der Waals surface area contributed by atoms with Crippen molar-refractivity contribution >= 4 is 5.91 Å².